The predicted octanol–water partition coefficient (Wildman–Crippen LogP) is 2.59. The number of rotatable bonds is 3. The maximum atomic E-state index is 13.0. The summed E-state index contributed by atoms with van der Waals surface area (Å²) in [6.07, 6.45) is 6.80. The third kappa shape index (κ3) is 2.18. The van der Waals surface area contributed by atoms with Crippen molar-refractivity contribution < 1.29 is 9.53 Å². The molecular weight excluding hydrogens is 266 g/mol. The normalized spacial score (nSPS) is 28.9. The van der Waals surface area contributed by atoms with Gasteiger partial charge in [0.1, 0.15) is 0 Å². The van der Waals surface area contributed by atoms with E-state index < -0.39 is 0 Å². The van der Waals surface area contributed by atoms with Crippen molar-refractivity contribution in [2.24, 2.45) is 0 Å². The van der Waals surface area contributed by atoms with E-state index >= 15 is 0 Å². The summed E-state index contributed by atoms with van der Waals surface area (Å²) in [6.45, 7) is 4.08. The molecule has 1 aliphatic heterocycles. The first kappa shape index (κ1) is 13.3. The summed E-state index contributed by atoms with van der Waals surface area (Å²) in [4.78, 5) is 15.1. The van der Waals surface area contributed by atoms with E-state index in [4.69, 9.17) is 4.74 Å². The molecule has 1 amide bonds. The van der Waals surface area contributed by atoms with Crippen LogP contribution in [0.1, 0.15) is 73.8 Å². The molecule has 4 rings (SSSR count). The lowest BCUT2D eigenvalue weighted by Gasteiger charge is -2.37. The number of H-pyrrole nitrogens is 1. The number of aromatic nitrogens is 2. The van der Waals surface area contributed by atoms with Crippen LogP contribution in [0.4, 0.5) is 0 Å². The Hall–Kier alpha value is -1.36. The zero-order chi connectivity index (χ0) is 14.6. The second-order valence-electron chi connectivity index (χ2n) is 6.79. The van der Waals surface area contributed by atoms with Gasteiger partial charge in [0.15, 0.2) is 5.69 Å². The Bertz CT molecular complexity index is 560. The van der Waals surface area contributed by atoms with Crippen LogP contribution in [-0.2, 0) is 11.2 Å². The van der Waals surface area contributed by atoms with Gasteiger partial charge in [-0.2, -0.15) is 5.10 Å². The first-order valence-electron chi connectivity index (χ1n) is 8.20. The number of carbonyl (C=O) groups is 1. The van der Waals surface area contributed by atoms with E-state index in [2.05, 4.69) is 22.0 Å². The molecule has 0 saturated heterocycles. The molecule has 5 heteroatoms. The Morgan fingerprint density at radius 3 is 2.57 bits per heavy atom. The lowest BCUT2D eigenvalue weighted by molar-refractivity contribution is -0.00706. The fourth-order valence-corrected chi connectivity index (χ4v) is 3.62. The first-order valence-corrected chi connectivity index (χ1v) is 8.20. The van der Waals surface area contributed by atoms with Crippen LogP contribution in [0.25, 0.3) is 0 Å². The summed E-state index contributed by atoms with van der Waals surface area (Å²) >= 11 is 0. The minimum atomic E-state index is -0.00382. The molecule has 0 radical (unpaired) electrons. The summed E-state index contributed by atoms with van der Waals surface area (Å²) in [5.74, 6) is 0.140. The van der Waals surface area contributed by atoms with Gasteiger partial charge in [-0.15, -0.1) is 0 Å². The van der Waals surface area contributed by atoms with E-state index in [1.54, 1.807) is 0 Å². The molecule has 21 heavy (non-hydrogen) atoms. The average molecular weight is 289 g/mol. The smallest absolute Gasteiger partial charge is 0.275 e. The Morgan fingerprint density at radius 2 is 1.95 bits per heavy atom. The van der Waals surface area contributed by atoms with Gasteiger partial charge in [0.25, 0.3) is 5.91 Å². The zero-order valence-corrected chi connectivity index (χ0v) is 12.8. The molecule has 2 heterocycles. The molecule has 1 aromatic heterocycles. The number of hydrogen-bond donors (Lipinski definition) is 1. The number of hydrogen-bond acceptors (Lipinski definition) is 3. The molecule has 2 saturated carbocycles. The van der Waals surface area contributed by atoms with Gasteiger partial charge in [0.05, 0.1) is 17.9 Å². The van der Waals surface area contributed by atoms with Crippen LogP contribution in [-0.4, -0.2) is 39.2 Å². The number of nitrogens with one attached hydrogen (secondary N) is 1. The van der Waals surface area contributed by atoms with Gasteiger partial charge in [-0.1, -0.05) is 0 Å². The molecule has 114 valence electrons. The summed E-state index contributed by atoms with van der Waals surface area (Å²) in [5.41, 5.74) is 2.71. The van der Waals surface area contributed by atoms with Gasteiger partial charge in [0.2, 0.25) is 0 Å². The van der Waals surface area contributed by atoms with Crippen molar-refractivity contribution in [3.05, 3.63) is 17.0 Å². The zero-order valence-electron chi connectivity index (χ0n) is 12.8. The topological polar surface area (TPSA) is 58.2 Å². The van der Waals surface area contributed by atoms with Crippen molar-refractivity contribution in [2.45, 2.75) is 76.7 Å². The second kappa shape index (κ2) is 4.83. The molecule has 5 nitrogen and oxygen atoms in total. The van der Waals surface area contributed by atoms with Gasteiger partial charge < -0.3 is 9.64 Å². The van der Waals surface area contributed by atoms with Crippen molar-refractivity contribution in [2.75, 3.05) is 0 Å². The Kier molecular flexibility index (Phi) is 3.06. The van der Waals surface area contributed by atoms with Crippen LogP contribution in [0.15, 0.2) is 0 Å². The van der Waals surface area contributed by atoms with Crippen LogP contribution in [0.3, 0.4) is 0 Å². The van der Waals surface area contributed by atoms with Crippen LogP contribution in [0.2, 0.25) is 0 Å². The SMILES string of the molecule is C[C@@H]1Cc2c(C(=O)N(C3CCC3)C3CC3)n[nH]c2[C@H](C)O1. The molecule has 2 aliphatic carbocycles. The number of aromatic amines is 1. The van der Waals surface area contributed by atoms with Crippen molar-refractivity contribution in [3.63, 3.8) is 0 Å². The van der Waals surface area contributed by atoms with Gasteiger partial charge in [0, 0.05) is 24.1 Å². The summed E-state index contributed by atoms with van der Waals surface area (Å²) < 4.78 is 5.81. The van der Waals surface area contributed by atoms with Crippen LogP contribution in [0, 0.1) is 0 Å². The van der Waals surface area contributed by atoms with Crippen LogP contribution < -0.4 is 0 Å². The minimum absolute atomic E-state index is 0.00382. The largest absolute Gasteiger partial charge is 0.369 e. The molecule has 2 fully saturated rings. The molecule has 1 aromatic rings. The van der Waals surface area contributed by atoms with Gasteiger partial charge in [-0.3, -0.25) is 9.89 Å². The minimum Gasteiger partial charge on any atom is -0.369 e. The van der Waals surface area contributed by atoms with Gasteiger partial charge >= 0.3 is 0 Å². The van der Waals surface area contributed by atoms with Crippen LogP contribution >= 0.6 is 0 Å². The van der Waals surface area contributed by atoms with E-state index in [9.17, 15) is 4.79 Å². The number of nitrogens with zero attached hydrogens (tertiary/aromatic N) is 2. The Morgan fingerprint density at radius 1 is 1.24 bits per heavy atom. The average Bonchev–Trinajstić information content (AvgIpc) is 3.12. The first-order chi connectivity index (χ1) is 10.1. The number of ether oxygens (including phenoxy) is 1. The highest BCUT2D eigenvalue weighted by molar-refractivity contribution is 5.94. The highest BCUT2D eigenvalue weighted by Crippen LogP contribution is 2.38. The van der Waals surface area contributed by atoms with Crippen LogP contribution in [0.5, 0.6) is 0 Å². The molecule has 0 unspecified atom stereocenters. The van der Waals surface area contributed by atoms with Gasteiger partial charge in [-0.25, -0.2) is 0 Å². The fourth-order valence-electron chi connectivity index (χ4n) is 3.62. The summed E-state index contributed by atoms with van der Waals surface area (Å²) in [7, 11) is 0. The highest BCUT2D eigenvalue weighted by Gasteiger charge is 2.42. The summed E-state index contributed by atoms with van der Waals surface area (Å²) in [6, 6.07) is 0.914. The lowest BCUT2D eigenvalue weighted by Crippen LogP contribution is -2.46. The molecule has 0 spiro atoms. The quantitative estimate of drug-likeness (QED) is 0.930. The highest BCUT2D eigenvalue weighted by atomic mass is 16.5. The predicted molar refractivity (Wildman–Crippen MR) is 78.1 cm³/mol. The number of carbonyl (C=O) groups excluding carboxylic acids is 1. The second-order valence-corrected chi connectivity index (χ2v) is 6.79. The Balaban J connectivity index is 1.65. The maximum Gasteiger partial charge on any atom is 0.275 e. The van der Waals surface area contributed by atoms with Crippen molar-refractivity contribution in [1.29, 1.82) is 0 Å². The lowest BCUT2D eigenvalue weighted by atomic mass is 9.90. The monoisotopic (exact) mass is 289 g/mol. The van der Waals surface area contributed by atoms with E-state index in [-0.39, 0.29) is 18.1 Å². The van der Waals surface area contributed by atoms with Crippen molar-refractivity contribution >= 4 is 5.91 Å². The molecule has 2 atom stereocenters. The number of fused-ring (bicyclic) bond motifs is 1. The Labute approximate surface area is 125 Å². The molecule has 0 aromatic carbocycles. The summed E-state index contributed by atoms with van der Waals surface area (Å²) in [5, 5.41) is 7.40. The standard InChI is InChI=1S/C16H23N3O2/c1-9-8-13-14(10(2)21-9)17-18-15(13)16(20)19(12-6-7-12)11-4-3-5-11/h9-12H,3-8H2,1-2H3,(H,17,18)/t9-,10+/m1/s1. The molecular formula is C16H23N3O2. The third-order valence-corrected chi connectivity index (χ3v) is 5.08. The van der Waals surface area contributed by atoms with Gasteiger partial charge in [-0.05, 0) is 46.0 Å². The fraction of sp³-hybridized carbons (Fsp3) is 0.750. The molecule has 0 bridgehead atoms. The number of amides is 1. The molecule has 1 N–H and O–H groups in total. The van der Waals surface area contributed by atoms with Crippen molar-refractivity contribution in [3.8, 4) is 0 Å². The van der Waals surface area contributed by atoms with E-state index in [1.165, 1.54) is 6.42 Å². The van der Waals surface area contributed by atoms with Crippen molar-refractivity contribution in [1.82, 2.24) is 15.1 Å². The maximum absolute atomic E-state index is 13.0. The van der Waals surface area contributed by atoms with E-state index in [1.807, 2.05) is 6.92 Å². The molecule has 3 aliphatic rings. The van der Waals surface area contributed by atoms with E-state index in [0.29, 0.717) is 17.8 Å². The van der Waals surface area contributed by atoms with E-state index in [0.717, 1.165) is 43.4 Å². The third-order valence-electron chi connectivity index (χ3n) is 5.08.